The number of carbonyl (C=O) groups is 1. The average molecular weight is 300 g/mol. The number of nitriles is 1. The zero-order valence-electron chi connectivity index (χ0n) is 12.8. The van der Waals surface area contributed by atoms with Gasteiger partial charge in [-0.1, -0.05) is 6.92 Å². The van der Waals surface area contributed by atoms with Crippen LogP contribution in [0.1, 0.15) is 31.7 Å². The van der Waals surface area contributed by atoms with Gasteiger partial charge in [0.05, 0.1) is 18.2 Å². The van der Waals surface area contributed by atoms with Crippen LogP contribution in [0.3, 0.4) is 0 Å². The van der Waals surface area contributed by atoms with Crippen molar-refractivity contribution in [2.24, 2.45) is 0 Å². The van der Waals surface area contributed by atoms with Gasteiger partial charge < -0.3 is 14.5 Å². The lowest BCUT2D eigenvalue weighted by molar-refractivity contribution is -0.132. The zero-order chi connectivity index (χ0) is 15.5. The predicted molar refractivity (Wildman–Crippen MR) is 81.7 cm³/mol. The number of amides is 1. The smallest absolute Gasteiger partial charge is 0.222 e. The number of aromatic nitrogens is 1. The van der Waals surface area contributed by atoms with Gasteiger partial charge in [-0.05, 0) is 6.42 Å². The van der Waals surface area contributed by atoms with Gasteiger partial charge in [-0.25, -0.2) is 4.98 Å². The molecule has 0 aliphatic carbocycles. The topological polar surface area (TPSA) is 69.5 Å². The molecule has 1 aromatic heterocycles. The normalized spacial score (nSPS) is 20.3. The number of nitrogens with zero attached hydrogens (tertiary/aromatic N) is 4. The van der Waals surface area contributed by atoms with E-state index in [4.69, 9.17) is 10.00 Å². The molecule has 0 aromatic carbocycles. The maximum Gasteiger partial charge on any atom is 0.222 e. The van der Waals surface area contributed by atoms with Crippen LogP contribution in [-0.4, -0.2) is 48.1 Å². The molecule has 1 atom stereocenters. The number of hydrogen-bond acceptors (Lipinski definition) is 5. The van der Waals surface area contributed by atoms with Gasteiger partial charge in [0.25, 0.3) is 0 Å². The van der Waals surface area contributed by atoms with Crippen molar-refractivity contribution in [1.29, 1.82) is 5.26 Å². The molecule has 0 bridgehead atoms. The highest BCUT2D eigenvalue weighted by atomic mass is 16.5. The Hall–Kier alpha value is -2.29. The first kappa shape index (κ1) is 14.6. The third-order valence-corrected chi connectivity index (χ3v) is 4.24. The number of ether oxygens (including phenoxy) is 1. The molecule has 1 amide bonds. The van der Waals surface area contributed by atoms with Crippen molar-refractivity contribution in [3.05, 3.63) is 17.8 Å². The Balaban J connectivity index is 1.81. The Morgan fingerprint density at radius 2 is 2.41 bits per heavy atom. The van der Waals surface area contributed by atoms with Crippen LogP contribution in [0, 0.1) is 11.3 Å². The molecule has 0 saturated carbocycles. The lowest BCUT2D eigenvalue weighted by Gasteiger charge is -2.41. The van der Waals surface area contributed by atoms with Gasteiger partial charge in [0, 0.05) is 44.7 Å². The lowest BCUT2D eigenvalue weighted by atomic mass is 10.1. The third kappa shape index (κ3) is 2.71. The Kier molecular flexibility index (Phi) is 4.14. The van der Waals surface area contributed by atoms with Crippen molar-refractivity contribution in [2.45, 2.75) is 32.2 Å². The zero-order valence-corrected chi connectivity index (χ0v) is 12.8. The van der Waals surface area contributed by atoms with E-state index in [0.717, 1.165) is 38.3 Å². The Morgan fingerprint density at radius 1 is 1.55 bits per heavy atom. The summed E-state index contributed by atoms with van der Waals surface area (Å²) in [6.45, 7) is 4.82. The minimum atomic E-state index is 0.233. The summed E-state index contributed by atoms with van der Waals surface area (Å²) in [7, 11) is 0. The van der Waals surface area contributed by atoms with E-state index in [-0.39, 0.29) is 11.9 Å². The minimum Gasteiger partial charge on any atom is -0.490 e. The molecule has 2 aliphatic rings. The molecule has 0 unspecified atom stereocenters. The van der Waals surface area contributed by atoms with Crippen molar-refractivity contribution in [3.63, 3.8) is 0 Å². The van der Waals surface area contributed by atoms with E-state index in [1.165, 1.54) is 0 Å². The first-order valence-electron chi connectivity index (χ1n) is 7.80. The summed E-state index contributed by atoms with van der Waals surface area (Å²) < 4.78 is 5.77. The van der Waals surface area contributed by atoms with Gasteiger partial charge in [-0.3, -0.25) is 4.79 Å². The molecular formula is C16H20N4O2. The first-order chi connectivity index (χ1) is 10.7. The molecule has 6 heteroatoms. The fraction of sp³-hybridized carbons (Fsp3) is 0.562. The van der Waals surface area contributed by atoms with Crippen LogP contribution < -0.4 is 9.64 Å². The van der Waals surface area contributed by atoms with E-state index < -0.39 is 0 Å². The molecular weight excluding hydrogens is 280 g/mol. The fourth-order valence-corrected chi connectivity index (χ4v) is 3.11. The second-order valence-electron chi connectivity index (χ2n) is 5.73. The van der Waals surface area contributed by atoms with Crippen LogP contribution >= 0.6 is 0 Å². The number of rotatable bonds is 2. The molecule has 0 N–H and O–H groups in total. The Bertz CT molecular complexity index is 611. The number of hydrogen-bond donors (Lipinski definition) is 0. The Labute approximate surface area is 130 Å². The van der Waals surface area contributed by atoms with Gasteiger partial charge in [-0.2, -0.15) is 5.26 Å². The monoisotopic (exact) mass is 300 g/mol. The van der Waals surface area contributed by atoms with E-state index in [9.17, 15) is 4.79 Å². The SMILES string of the molecule is CCCC(=O)N1CCN2c3ncc(C#N)cc3OCC[C@H]2C1. The number of anilines is 1. The third-order valence-electron chi connectivity index (χ3n) is 4.24. The molecule has 1 aromatic rings. The van der Waals surface area contributed by atoms with Crippen molar-refractivity contribution in [3.8, 4) is 11.8 Å². The molecule has 0 spiro atoms. The maximum atomic E-state index is 12.1. The molecule has 1 saturated heterocycles. The molecule has 3 rings (SSSR count). The van der Waals surface area contributed by atoms with Crippen molar-refractivity contribution in [2.75, 3.05) is 31.1 Å². The maximum absolute atomic E-state index is 12.1. The average Bonchev–Trinajstić information content (AvgIpc) is 2.72. The van der Waals surface area contributed by atoms with Gasteiger partial charge in [0.15, 0.2) is 11.6 Å². The largest absolute Gasteiger partial charge is 0.490 e. The first-order valence-corrected chi connectivity index (χ1v) is 7.80. The summed E-state index contributed by atoms with van der Waals surface area (Å²) in [5.41, 5.74) is 0.508. The highest BCUT2D eigenvalue weighted by Crippen LogP contribution is 2.33. The van der Waals surface area contributed by atoms with Crippen LogP contribution in [0.2, 0.25) is 0 Å². The van der Waals surface area contributed by atoms with Gasteiger partial charge in [0.1, 0.15) is 6.07 Å². The second kappa shape index (κ2) is 6.22. The van der Waals surface area contributed by atoms with Gasteiger partial charge in [-0.15, -0.1) is 0 Å². The predicted octanol–water partition coefficient (Wildman–Crippen LogP) is 1.55. The van der Waals surface area contributed by atoms with Crippen molar-refractivity contribution < 1.29 is 9.53 Å². The molecule has 1 fully saturated rings. The van der Waals surface area contributed by atoms with Crippen LogP contribution in [0.5, 0.6) is 5.75 Å². The summed E-state index contributed by atoms with van der Waals surface area (Å²) in [6, 6.07) is 4.07. The summed E-state index contributed by atoms with van der Waals surface area (Å²) in [4.78, 5) is 20.7. The Morgan fingerprint density at radius 3 is 3.18 bits per heavy atom. The van der Waals surface area contributed by atoms with Crippen molar-refractivity contribution in [1.82, 2.24) is 9.88 Å². The van der Waals surface area contributed by atoms with E-state index in [2.05, 4.69) is 16.0 Å². The number of pyridine rings is 1. The van der Waals surface area contributed by atoms with Gasteiger partial charge in [0.2, 0.25) is 5.91 Å². The summed E-state index contributed by atoms with van der Waals surface area (Å²) >= 11 is 0. The van der Waals surface area contributed by atoms with E-state index in [1.54, 1.807) is 12.3 Å². The molecule has 2 aliphatic heterocycles. The molecule has 6 nitrogen and oxygen atoms in total. The van der Waals surface area contributed by atoms with Crippen LogP contribution in [-0.2, 0) is 4.79 Å². The van der Waals surface area contributed by atoms with E-state index in [1.807, 2.05) is 11.8 Å². The lowest BCUT2D eigenvalue weighted by Crippen LogP contribution is -2.55. The summed E-state index contributed by atoms with van der Waals surface area (Å²) in [5.74, 6) is 1.71. The number of carbonyl (C=O) groups excluding carboxylic acids is 1. The number of piperazine rings is 1. The van der Waals surface area contributed by atoms with E-state index >= 15 is 0 Å². The highest BCUT2D eigenvalue weighted by Gasteiger charge is 2.33. The molecule has 3 heterocycles. The minimum absolute atomic E-state index is 0.233. The highest BCUT2D eigenvalue weighted by molar-refractivity contribution is 5.76. The summed E-state index contributed by atoms with van der Waals surface area (Å²) in [6.07, 6.45) is 3.94. The van der Waals surface area contributed by atoms with Gasteiger partial charge >= 0.3 is 0 Å². The van der Waals surface area contributed by atoms with E-state index in [0.29, 0.717) is 24.3 Å². The molecule has 22 heavy (non-hydrogen) atoms. The van der Waals surface area contributed by atoms with Crippen molar-refractivity contribution >= 4 is 11.7 Å². The van der Waals surface area contributed by atoms with Crippen LogP contribution in [0.4, 0.5) is 5.82 Å². The number of fused-ring (bicyclic) bond motifs is 3. The summed E-state index contributed by atoms with van der Waals surface area (Å²) in [5, 5.41) is 8.98. The molecule has 0 radical (unpaired) electrons. The molecule has 116 valence electrons. The second-order valence-corrected chi connectivity index (χ2v) is 5.73. The van der Waals surface area contributed by atoms with Crippen LogP contribution in [0.25, 0.3) is 0 Å². The standard InChI is InChI=1S/C16H20N4O2/c1-2-3-15(21)19-5-6-20-13(11-19)4-7-22-14-8-12(9-17)10-18-16(14)20/h8,10,13H,2-7,11H2,1H3/t13-/m0/s1. The quantitative estimate of drug-likeness (QED) is 0.829. The fourth-order valence-electron chi connectivity index (χ4n) is 3.11. The van der Waals surface area contributed by atoms with Crippen LogP contribution in [0.15, 0.2) is 12.3 Å².